The molecule has 0 aromatic carbocycles. The van der Waals surface area contributed by atoms with Crippen molar-refractivity contribution >= 4 is 32.9 Å². The van der Waals surface area contributed by atoms with Crippen molar-refractivity contribution in [1.29, 1.82) is 0 Å². The first-order valence-corrected chi connectivity index (χ1v) is 5.75. The number of hydrogen-bond donors (Lipinski definition) is 0. The molecule has 3 rings (SSSR count). The molecule has 0 aliphatic carbocycles. The molecule has 0 fully saturated rings. The molecule has 7 heteroatoms. The van der Waals surface area contributed by atoms with Crippen molar-refractivity contribution in [2.24, 2.45) is 0 Å². The van der Waals surface area contributed by atoms with E-state index >= 15 is 0 Å². The molecule has 0 atom stereocenters. The first kappa shape index (κ1) is 8.93. The van der Waals surface area contributed by atoms with E-state index in [2.05, 4.69) is 36.6 Å². The molecule has 5 nitrogen and oxygen atoms in total. The van der Waals surface area contributed by atoms with E-state index in [1.165, 1.54) is 4.63 Å². The Balaban J connectivity index is 2.18. The summed E-state index contributed by atoms with van der Waals surface area (Å²) in [6, 6.07) is 7.75. The van der Waals surface area contributed by atoms with Crippen LogP contribution in [0, 0.1) is 0 Å². The molecular weight excluding hydrogens is 278 g/mol. The van der Waals surface area contributed by atoms with Crippen molar-refractivity contribution in [2.75, 3.05) is 0 Å². The summed E-state index contributed by atoms with van der Waals surface area (Å²) in [6.07, 6.45) is 0. The van der Waals surface area contributed by atoms with E-state index in [0.29, 0.717) is 5.65 Å². The minimum absolute atomic E-state index is 0.648. The molecular formula is C8H4BrN5S. The Morgan fingerprint density at radius 2 is 2.13 bits per heavy atom. The number of thiophene rings is 1. The minimum atomic E-state index is 0.648. The molecule has 0 unspecified atom stereocenters. The van der Waals surface area contributed by atoms with Crippen LogP contribution in [-0.2, 0) is 0 Å². The lowest BCUT2D eigenvalue weighted by Crippen LogP contribution is -1.95. The van der Waals surface area contributed by atoms with Gasteiger partial charge in [-0.3, -0.25) is 0 Å². The van der Waals surface area contributed by atoms with Crippen LogP contribution in [0.4, 0.5) is 0 Å². The van der Waals surface area contributed by atoms with Crippen molar-refractivity contribution in [3.8, 4) is 10.6 Å². The van der Waals surface area contributed by atoms with Crippen LogP contribution in [0.25, 0.3) is 16.2 Å². The predicted molar refractivity (Wildman–Crippen MR) is 59.6 cm³/mol. The summed E-state index contributed by atoms with van der Waals surface area (Å²) in [4.78, 5) is 1.08. The molecule has 0 bridgehead atoms. The molecule has 3 aromatic heterocycles. The first-order valence-electron chi connectivity index (χ1n) is 4.14. The molecule has 3 heterocycles. The first-order chi connectivity index (χ1) is 7.33. The molecule has 0 amide bonds. The second-order valence-electron chi connectivity index (χ2n) is 2.85. The Morgan fingerprint density at radius 1 is 1.20 bits per heavy atom. The van der Waals surface area contributed by atoms with Crippen molar-refractivity contribution < 1.29 is 0 Å². The third-order valence-corrected chi connectivity index (χ3v) is 3.54. The van der Waals surface area contributed by atoms with E-state index in [4.69, 9.17) is 0 Å². The molecule has 0 aliphatic heterocycles. The summed E-state index contributed by atoms with van der Waals surface area (Å²) in [5, 5.41) is 15.4. The van der Waals surface area contributed by atoms with E-state index in [0.717, 1.165) is 14.4 Å². The lowest BCUT2D eigenvalue weighted by molar-refractivity contribution is 0.736. The maximum Gasteiger partial charge on any atom is 0.200 e. The highest BCUT2D eigenvalue weighted by Gasteiger charge is 2.05. The van der Waals surface area contributed by atoms with Crippen LogP contribution in [0.3, 0.4) is 0 Å². The van der Waals surface area contributed by atoms with Gasteiger partial charge in [0.2, 0.25) is 0 Å². The topological polar surface area (TPSA) is 56.0 Å². The standard InChI is InChI=1S/C8H4BrN5S/c9-7-3-2-6(15-7)5-1-4-8-10-12-13-14(8)11-5/h1-4H. The largest absolute Gasteiger partial charge is 0.200 e. The van der Waals surface area contributed by atoms with Crippen LogP contribution in [-0.4, -0.2) is 25.3 Å². The number of hydrogen-bond acceptors (Lipinski definition) is 5. The highest BCUT2D eigenvalue weighted by atomic mass is 79.9. The van der Waals surface area contributed by atoms with Gasteiger partial charge in [0.1, 0.15) is 5.69 Å². The summed E-state index contributed by atoms with van der Waals surface area (Å²) in [7, 11) is 0. The van der Waals surface area contributed by atoms with Crippen LogP contribution in [0.1, 0.15) is 0 Å². The Kier molecular flexibility index (Phi) is 2.00. The predicted octanol–water partition coefficient (Wildman–Crippen LogP) is 2.01. The maximum absolute atomic E-state index is 4.29. The monoisotopic (exact) mass is 281 g/mol. The molecule has 74 valence electrons. The highest BCUT2D eigenvalue weighted by molar-refractivity contribution is 9.11. The third-order valence-electron chi connectivity index (χ3n) is 1.90. The molecule has 0 aliphatic rings. The van der Waals surface area contributed by atoms with E-state index < -0.39 is 0 Å². The normalized spacial score (nSPS) is 11.0. The van der Waals surface area contributed by atoms with Gasteiger partial charge >= 0.3 is 0 Å². The smallest absolute Gasteiger partial charge is 0.146 e. The van der Waals surface area contributed by atoms with E-state index in [-0.39, 0.29) is 0 Å². The second kappa shape index (κ2) is 3.35. The lowest BCUT2D eigenvalue weighted by Gasteiger charge is -1.94. The maximum atomic E-state index is 4.29. The Morgan fingerprint density at radius 3 is 2.93 bits per heavy atom. The van der Waals surface area contributed by atoms with Crippen molar-refractivity contribution in [1.82, 2.24) is 25.3 Å². The number of fused-ring (bicyclic) bond motifs is 1. The van der Waals surface area contributed by atoms with E-state index in [1.807, 2.05) is 24.3 Å². The second-order valence-corrected chi connectivity index (χ2v) is 5.31. The molecule has 3 aromatic rings. The van der Waals surface area contributed by atoms with Gasteiger partial charge in [-0.25, -0.2) is 0 Å². The molecule has 15 heavy (non-hydrogen) atoms. The van der Waals surface area contributed by atoms with Crippen molar-refractivity contribution in [3.63, 3.8) is 0 Å². The number of halogens is 1. The van der Waals surface area contributed by atoms with E-state index in [1.54, 1.807) is 11.3 Å². The fraction of sp³-hybridized carbons (Fsp3) is 0. The molecule has 0 N–H and O–H groups in total. The van der Waals surface area contributed by atoms with Crippen LogP contribution in [0.15, 0.2) is 28.1 Å². The zero-order valence-electron chi connectivity index (χ0n) is 7.33. The van der Waals surface area contributed by atoms with Gasteiger partial charge in [0.05, 0.1) is 8.66 Å². The lowest BCUT2D eigenvalue weighted by atomic mass is 10.3. The molecule has 0 radical (unpaired) electrons. The van der Waals surface area contributed by atoms with Gasteiger partial charge < -0.3 is 0 Å². The summed E-state index contributed by atoms with van der Waals surface area (Å²) in [5.41, 5.74) is 1.51. The zero-order chi connectivity index (χ0) is 10.3. The van der Waals surface area contributed by atoms with E-state index in [9.17, 15) is 0 Å². The quantitative estimate of drug-likeness (QED) is 0.685. The van der Waals surface area contributed by atoms with Crippen LogP contribution in [0.2, 0.25) is 0 Å². The van der Waals surface area contributed by atoms with Crippen molar-refractivity contribution in [3.05, 3.63) is 28.1 Å². The zero-order valence-corrected chi connectivity index (χ0v) is 9.73. The third kappa shape index (κ3) is 1.53. The molecule has 0 saturated heterocycles. The fourth-order valence-electron chi connectivity index (χ4n) is 1.23. The van der Waals surface area contributed by atoms with Crippen LogP contribution < -0.4 is 0 Å². The Bertz CT molecular complexity index is 616. The van der Waals surface area contributed by atoms with Gasteiger partial charge in [-0.15, -0.1) is 26.2 Å². The highest BCUT2D eigenvalue weighted by Crippen LogP contribution is 2.29. The van der Waals surface area contributed by atoms with Gasteiger partial charge in [-0.2, -0.15) is 0 Å². The van der Waals surface area contributed by atoms with Gasteiger partial charge in [-0.05, 0) is 50.6 Å². The average Bonchev–Trinajstić information content (AvgIpc) is 2.84. The number of nitrogens with zero attached hydrogens (tertiary/aromatic N) is 5. The summed E-state index contributed by atoms with van der Waals surface area (Å²) >= 11 is 5.04. The molecule has 0 saturated carbocycles. The van der Waals surface area contributed by atoms with Crippen LogP contribution >= 0.6 is 27.3 Å². The summed E-state index contributed by atoms with van der Waals surface area (Å²) in [5.74, 6) is 0. The SMILES string of the molecule is Brc1ccc(-c2ccc3nnnn3n2)s1. The Labute approximate surface area is 96.9 Å². The number of rotatable bonds is 1. The summed E-state index contributed by atoms with van der Waals surface area (Å²) < 4.78 is 2.50. The van der Waals surface area contributed by atoms with Crippen LogP contribution in [0.5, 0.6) is 0 Å². The fourth-order valence-corrected chi connectivity index (χ4v) is 2.58. The number of tetrazole rings is 1. The van der Waals surface area contributed by atoms with Gasteiger partial charge in [0.15, 0.2) is 5.65 Å². The molecule has 0 spiro atoms. The van der Waals surface area contributed by atoms with Gasteiger partial charge in [0, 0.05) is 0 Å². The van der Waals surface area contributed by atoms with Crippen molar-refractivity contribution in [2.45, 2.75) is 0 Å². The van der Waals surface area contributed by atoms with Gasteiger partial charge in [-0.1, -0.05) is 0 Å². The van der Waals surface area contributed by atoms with Gasteiger partial charge in [0.25, 0.3) is 0 Å². The minimum Gasteiger partial charge on any atom is -0.146 e. The number of aromatic nitrogens is 5. The average molecular weight is 282 g/mol. The summed E-state index contributed by atoms with van der Waals surface area (Å²) in [6.45, 7) is 0. The Hall–Kier alpha value is -1.34.